The number of ether oxygens (including phenoxy) is 3. The van der Waals surface area contributed by atoms with Crippen LogP contribution in [0.15, 0.2) is 54.7 Å². The van der Waals surface area contributed by atoms with Crippen LogP contribution < -0.4 is 15.5 Å². The molecule has 10 rings (SSSR count). The third-order valence-corrected chi connectivity index (χ3v) is 14.7. The lowest BCUT2D eigenvalue weighted by molar-refractivity contribution is -0.247. The zero-order valence-corrected chi connectivity index (χ0v) is 41.0. The average Bonchev–Trinajstić information content (AvgIpc) is 3.80. The minimum absolute atomic E-state index is 0.0545. The SMILES string of the molecule is Cc1c(-c2ccc(N3CCc4c(C#N)ccc(C(=O)Nc5nc6ccccc6s5)c4C3)nc2C(=O)OC(C)(C)C)cnn1CC12CC3(C)CC(C)(C1)CC(OCCNC(=O)OC(C)(C)C)(C3)C2. The van der Waals surface area contributed by atoms with E-state index in [1.807, 2.05) is 89.0 Å². The molecular formula is C52H62N8O6S. The molecule has 67 heavy (non-hydrogen) atoms. The van der Waals surface area contributed by atoms with Gasteiger partial charge in [0.2, 0.25) is 0 Å². The third-order valence-electron chi connectivity index (χ3n) is 13.8. The Morgan fingerprint density at radius 3 is 2.30 bits per heavy atom. The standard InChI is InChI=1S/C52H62N8O6S/c1-32-37(23-55-60(32)31-51-26-49(8)25-50(9,27-51)29-52(28-49,30-51)64-21-19-54-46(63)66-48(5,6)7)35-16-17-41(57-42(35)44(62)65-47(2,3)4)59-20-18-34-33(22-53)14-15-36(38(34)24-59)43(61)58-45-56-39-12-10-11-13-40(39)67-45/h10-17,23H,18-21,24-31H2,1-9H3,(H,54,63)(H,56,58,61). The van der Waals surface area contributed by atoms with E-state index in [0.717, 1.165) is 71.1 Å². The first kappa shape index (κ1) is 46.3. The van der Waals surface area contributed by atoms with Crippen molar-refractivity contribution in [2.45, 2.75) is 137 Å². The van der Waals surface area contributed by atoms with Gasteiger partial charge in [-0.2, -0.15) is 10.4 Å². The van der Waals surface area contributed by atoms with Crippen LogP contribution in [0, 0.1) is 34.5 Å². The molecule has 15 heteroatoms. The second-order valence-corrected chi connectivity index (χ2v) is 23.4. The summed E-state index contributed by atoms with van der Waals surface area (Å²) in [6.07, 6.45) is 8.11. The van der Waals surface area contributed by atoms with Crippen molar-refractivity contribution in [1.29, 1.82) is 5.26 Å². The molecule has 2 N–H and O–H groups in total. The minimum Gasteiger partial charge on any atom is -0.455 e. The summed E-state index contributed by atoms with van der Waals surface area (Å²) in [6, 6.07) is 17.3. The van der Waals surface area contributed by atoms with Crippen LogP contribution in [-0.2, 0) is 33.7 Å². The monoisotopic (exact) mass is 926 g/mol. The first-order valence-electron chi connectivity index (χ1n) is 23.4. The fraction of sp³-hybridized carbons (Fsp3) is 0.519. The van der Waals surface area contributed by atoms with Gasteiger partial charge in [0.1, 0.15) is 17.0 Å². The molecule has 1 aliphatic heterocycles. The Hall–Kier alpha value is -5.85. The second-order valence-electron chi connectivity index (χ2n) is 22.4. The Balaban J connectivity index is 0.980. The second kappa shape index (κ2) is 16.7. The number of amides is 2. The Morgan fingerprint density at radius 2 is 1.60 bits per heavy atom. The topological polar surface area (TPSA) is 174 Å². The highest BCUT2D eigenvalue weighted by Gasteiger charge is 2.66. The number of hydrogen-bond acceptors (Lipinski definition) is 12. The molecule has 2 aromatic carbocycles. The number of rotatable bonds is 11. The molecule has 5 aliphatic rings. The molecule has 2 amide bonds. The summed E-state index contributed by atoms with van der Waals surface area (Å²) in [4.78, 5) is 52.2. The zero-order chi connectivity index (χ0) is 47.7. The number of nitrogens with zero attached hydrogens (tertiary/aromatic N) is 6. The largest absolute Gasteiger partial charge is 0.455 e. The maximum Gasteiger partial charge on any atom is 0.407 e. The molecule has 0 spiro atoms. The summed E-state index contributed by atoms with van der Waals surface area (Å²) in [5.74, 6) is -0.292. The van der Waals surface area contributed by atoms with E-state index in [1.165, 1.54) is 11.3 Å². The van der Waals surface area contributed by atoms with Gasteiger partial charge in [-0.1, -0.05) is 37.3 Å². The highest BCUT2D eigenvalue weighted by Crippen LogP contribution is 2.72. The molecule has 4 heterocycles. The van der Waals surface area contributed by atoms with E-state index in [0.29, 0.717) is 66.8 Å². The number of fused-ring (bicyclic) bond motifs is 2. The zero-order valence-electron chi connectivity index (χ0n) is 40.2. The Morgan fingerprint density at radius 1 is 0.866 bits per heavy atom. The van der Waals surface area contributed by atoms with Crippen molar-refractivity contribution in [3.63, 3.8) is 0 Å². The van der Waals surface area contributed by atoms with Gasteiger partial charge in [0.25, 0.3) is 5.91 Å². The molecule has 2 atom stereocenters. The van der Waals surface area contributed by atoms with Gasteiger partial charge in [-0.25, -0.2) is 19.6 Å². The number of carbonyl (C=O) groups is 3. The number of alkyl carbamates (subject to hydrolysis) is 1. The van der Waals surface area contributed by atoms with Crippen molar-refractivity contribution < 1.29 is 28.6 Å². The molecule has 352 valence electrons. The van der Waals surface area contributed by atoms with Crippen LogP contribution in [0.4, 0.5) is 15.7 Å². The normalized spacial score (nSPS) is 24.3. The maximum absolute atomic E-state index is 14.2. The summed E-state index contributed by atoms with van der Waals surface area (Å²) < 4.78 is 21.4. The van der Waals surface area contributed by atoms with Crippen LogP contribution in [0.2, 0.25) is 0 Å². The number of para-hydroxylation sites is 1. The lowest BCUT2D eigenvalue weighted by atomic mass is 9.39. The van der Waals surface area contributed by atoms with E-state index in [9.17, 15) is 19.6 Å². The lowest BCUT2D eigenvalue weighted by Gasteiger charge is -2.69. The highest BCUT2D eigenvalue weighted by atomic mass is 32.1. The van der Waals surface area contributed by atoms with Crippen molar-refractivity contribution >= 4 is 50.5 Å². The number of aromatic nitrogens is 4. The number of nitrogens with one attached hydrogen (secondary N) is 2. The van der Waals surface area contributed by atoms with Crippen molar-refractivity contribution in [2.75, 3.05) is 29.9 Å². The fourth-order valence-corrected chi connectivity index (χ4v) is 13.5. The maximum atomic E-state index is 14.2. The number of anilines is 2. The van der Waals surface area contributed by atoms with Gasteiger partial charge in [0, 0.05) is 48.6 Å². The molecular weight excluding hydrogens is 865 g/mol. The first-order valence-corrected chi connectivity index (χ1v) is 24.2. The van der Waals surface area contributed by atoms with E-state index >= 15 is 0 Å². The van der Waals surface area contributed by atoms with Crippen LogP contribution in [0.1, 0.15) is 137 Å². The predicted octanol–water partition coefficient (Wildman–Crippen LogP) is 10.2. The highest BCUT2D eigenvalue weighted by molar-refractivity contribution is 7.22. The molecule has 2 unspecified atom stereocenters. The van der Waals surface area contributed by atoms with Gasteiger partial charge in [-0.05, 0) is 157 Å². The lowest BCUT2D eigenvalue weighted by Crippen LogP contribution is -2.64. The van der Waals surface area contributed by atoms with Gasteiger partial charge in [0.05, 0.1) is 40.3 Å². The van der Waals surface area contributed by atoms with Crippen molar-refractivity contribution in [2.24, 2.45) is 16.2 Å². The van der Waals surface area contributed by atoms with E-state index in [-0.39, 0.29) is 33.4 Å². The van der Waals surface area contributed by atoms with Gasteiger partial charge in [-0.3, -0.25) is 14.8 Å². The van der Waals surface area contributed by atoms with Gasteiger partial charge < -0.3 is 24.4 Å². The average molecular weight is 927 g/mol. The smallest absolute Gasteiger partial charge is 0.407 e. The van der Waals surface area contributed by atoms with Crippen LogP contribution in [0.5, 0.6) is 0 Å². The van der Waals surface area contributed by atoms with E-state index in [4.69, 9.17) is 24.3 Å². The summed E-state index contributed by atoms with van der Waals surface area (Å²) >= 11 is 1.41. The number of esters is 1. The first-order chi connectivity index (χ1) is 31.5. The minimum atomic E-state index is -0.775. The number of hydrogen-bond donors (Lipinski definition) is 2. The number of thiazole rings is 1. The number of benzene rings is 2. The molecule has 4 saturated carbocycles. The van der Waals surface area contributed by atoms with E-state index < -0.39 is 23.3 Å². The Labute approximate surface area is 396 Å². The van der Waals surface area contributed by atoms with Crippen molar-refractivity contribution in [3.05, 3.63) is 88.4 Å². The van der Waals surface area contributed by atoms with Gasteiger partial charge in [-0.15, -0.1) is 0 Å². The molecule has 4 aliphatic carbocycles. The van der Waals surface area contributed by atoms with Crippen LogP contribution >= 0.6 is 11.3 Å². The fourth-order valence-electron chi connectivity index (χ4n) is 12.7. The van der Waals surface area contributed by atoms with Crippen LogP contribution in [0.25, 0.3) is 21.3 Å². The Bertz CT molecular complexity index is 2780. The summed E-state index contributed by atoms with van der Waals surface area (Å²) in [6.45, 7) is 20.3. The molecule has 14 nitrogen and oxygen atoms in total. The summed E-state index contributed by atoms with van der Waals surface area (Å²) in [5, 5.41) is 21.4. The quantitative estimate of drug-likeness (QED) is 0.0953. The molecule has 0 radical (unpaired) electrons. The molecule has 4 bridgehead atoms. The summed E-state index contributed by atoms with van der Waals surface area (Å²) in [5.41, 5.74) is 4.44. The van der Waals surface area contributed by atoms with Crippen LogP contribution in [-0.4, -0.2) is 74.2 Å². The van der Waals surface area contributed by atoms with Crippen molar-refractivity contribution in [3.8, 4) is 17.2 Å². The predicted molar refractivity (Wildman–Crippen MR) is 258 cm³/mol. The third kappa shape index (κ3) is 9.52. The molecule has 0 saturated heterocycles. The van der Waals surface area contributed by atoms with Crippen LogP contribution in [0.3, 0.4) is 0 Å². The van der Waals surface area contributed by atoms with E-state index in [2.05, 4.69) is 47.1 Å². The molecule has 4 fully saturated rings. The number of nitriles is 1. The van der Waals surface area contributed by atoms with Gasteiger partial charge >= 0.3 is 12.1 Å². The Kier molecular flexibility index (Phi) is 11.6. The number of pyridine rings is 1. The summed E-state index contributed by atoms with van der Waals surface area (Å²) in [7, 11) is 0. The molecule has 5 aromatic rings. The van der Waals surface area contributed by atoms with E-state index in [1.54, 1.807) is 12.1 Å². The van der Waals surface area contributed by atoms with Crippen molar-refractivity contribution in [1.82, 2.24) is 25.1 Å². The molecule has 3 aromatic heterocycles. The number of carbonyl (C=O) groups excluding carboxylic acids is 3. The van der Waals surface area contributed by atoms with Gasteiger partial charge in [0.15, 0.2) is 10.8 Å².